The first-order valence-corrected chi connectivity index (χ1v) is 14.3. The number of carbonyl (C=O) groups is 1. The van der Waals surface area contributed by atoms with E-state index in [2.05, 4.69) is 63.5 Å². The van der Waals surface area contributed by atoms with Gasteiger partial charge in [-0.2, -0.15) is 0 Å². The number of allylic oxidation sites excluding steroid dienone is 2. The van der Waals surface area contributed by atoms with E-state index >= 15 is 0 Å². The van der Waals surface area contributed by atoms with Crippen molar-refractivity contribution < 1.29 is 4.79 Å². The normalized spacial score (nSPS) is 44.6. The molecule has 0 aromatic rings. The molecule has 0 aromatic heterocycles. The van der Waals surface area contributed by atoms with Crippen LogP contribution in [0, 0.1) is 45.3 Å². The summed E-state index contributed by atoms with van der Waals surface area (Å²) in [6.45, 7) is 20.5. The molecule has 0 spiro atoms. The molecule has 0 N–H and O–H groups in total. The van der Waals surface area contributed by atoms with Crippen LogP contribution in [0.4, 0.5) is 0 Å². The van der Waals surface area contributed by atoms with Gasteiger partial charge in [-0.15, -0.1) is 0 Å². The Morgan fingerprint density at radius 3 is 1.41 bits per heavy atom. The molecule has 3 heteroatoms. The van der Waals surface area contributed by atoms with Crippen LogP contribution in [0.15, 0.2) is 23.3 Å². The Bertz CT molecular complexity index is 853. The van der Waals surface area contributed by atoms with Crippen molar-refractivity contribution in [3.05, 3.63) is 23.3 Å². The topological polar surface area (TPSA) is 23.6 Å². The summed E-state index contributed by atoms with van der Waals surface area (Å²) in [5, 5.41) is 0. The number of piperidine rings is 2. The Hall–Kier alpha value is -0.930. The van der Waals surface area contributed by atoms with Crippen LogP contribution in [-0.2, 0) is 4.79 Å². The highest BCUT2D eigenvalue weighted by Crippen LogP contribution is 2.60. The third-order valence-electron chi connectivity index (χ3n) is 12.0. The van der Waals surface area contributed by atoms with Crippen LogP contribution in [0.1, 0.15) is 80.1 Å². The maximum absolute atomic E-state index is 13.6. The molecule has 8 aliphatic rings. The number of nitrogens with zero attached hydrogens (tertiary/aromatic N) is 2. The monoisotopic (exact) mass is 464 g/mol. The zero-order valence-electron chi connectivity index (χ0n) is 22.8. The Kier molecular flexibility index (Phi) is 5.21. The van der Waals surface area contributed by atoms with Crippen LogP contribution < -0.4 is 0 Å². The third kappa shape index (κ3) is 3.39. The van der Waals surface area contributed by atoms with Crippen molar-refractivity contribution in [3.8, 4) is 0 Å². The molecule has 4 fully saturated rings. The lowest BCUT2D eigenvalue weighted by molar-refractivity contribution is -0.157. The van der Waals surface area contributed by atoms with Crippen LogP contribution in [0.25, 0.3) is 0 Å². The summed E-state index contributed by atoms with van der Waals surface area (Å²) in [5.41, 5.74) is 4.03. The van der Waals surface area contributed by atoms with Crippen molar-refractivity contribution >= 4 is 5.78 Å². The Labute approximate surface area is 208 Å². The molecule has 3 nitrogen and oxygen atoms in total. The molecule has 4 atom stereocenters. The van der Waals surface area contributed by atoms with Gasteiger partial charge in [0, 0.05) is 39.3 Å². The van der Waals surface area contributed by atoms with Gasteiger partial charge >= 0.3 is 0 Å². The maximum Gasteiger partial charge on any atom is 0.149 e. The predicted octanol–water partition coefficient (Wildman–Crippen LogP) is 5.96. The van der Waals surface area contributed by atoms with Crippen LogP contribution in [-0.4, -0.2) is 54.9 Å². The van der Waals surface area contributed by atoms with Gasteiger partial charge in [-0.3, -0.25) is 4.79 Å². The lowest BCUT2D eigenvalue weighted by Gasteiger charge is -2.58. The molecule has 6 aliphatic carbocycles. The van der Waals surface area contributed by atoms with E-state index in [1.165, 1.54) is 38.5 Å². The average molecular weight is 465 g/mol. The number of likely N-dealkylation sites (tertiary alicyclic amines) is 2. The number of fused-ring (bicyclic) bond motifs is 4. The minimum atomic E-state index is -0.213. The molecule has 0 radical (unpaired) electrons. The zero-order chi connectivity index (χ0) is 24.1. The standard InChI is InChI=1S/C31H48N2O/c1-28(2)23-9-7-21(25(28)15-23)11-13-32-17-30(5)19-33(20-31(6,18-32)27(30)34)14-12-22-8-10-24-16-26(22)29(24,3)4/h7-8,23-26H,9-20H2,1-6H3/t23-,24-,25-,26-,30?,31?/m0/s1. The smallest absolute Gasteiger partial charge is 0.149 e. The van der Waals surface area contributed by atoms with Crippen molar-refractivity contribution in [1.82, 2.24) is 9.80 Å². The van der Waals surface area contributed by atoms with E-state index in [1.807, 2.05) is 0 Å². The second-order valence-corrected chi connectivity index (χ2v) is 15.0. The number of hydrogen-bond donors (Lipinski definition) is 0. The van der Waals surface area contributed by atoms with E-state index in [0.29, 0.717) is 16.6 Å². The fourth-order valence-corrected chi connectivity index (χ4v) is 9.61. The molecule has 2 saturated carbocycles. The summed E-state index contributed by atoms with van der Waals surface area (Å²) in [6, 6.07) is 0. The van der Waals surface area contributed by atoms with E-state index in [0.717, 1.165) is 62.9 Å². The Morgan fingerprint density at radius 1 is 0.706 bits per heavy atom. The molecule has 0 aromatic carbocycles. The Morgan fingerprint density at radius 2 is 1.09 bits per heavy atom. The van der Waals surface area contributed by atoms with Gasteiger partial charge in [0.05, 0.1) is 10.8 Å². The summed E-state index contributed by atoms with van der Waals surface area (Å²) in [4.78, 5) is 18.9. The van der Waals surface area contributed by atoms with Gasteiger partial charge in [-0.1, -0.05) is 64.8 Å². The summed E-state index contributed by atoms with van der Waals surface area (Å²) < 4.78 is 0. The number of rotatable bonds is 6. The lowest BCUT2D eigenvalue weighted by atomic mass is 9.48. The quantitative estimate of drug-likeness (QED) is 0.453. The minimum Gasteiger partial charge on any atom is -0.301 e. The molecule has 2 heterocycles. The van der Waals surface area contributed by atoms with E-state index in [4.69, 9.17) is 0 Å². The predicted molar refractivity (Wildman–Crippen MR) is 139 cm³/mol. The second kappa shape index (κ2) is 7.54. The van der Waals surface area contributed by atoms with Crippen LogP contribution in [0.5, 0.6) is 0 Å². The molecule has 8 rings (SSSR count). The van der Waals surface area contributed by atoms with Gasteiger partial charge in [0.25, 0.3) is 0 Å². The van der Waals surface area contributed by atoms with Crippen molar-refractivity contribution in [2.75, 3.05) is 39.3 Å². The fourth-order valence-electron chi connectivity index (χ4n) is 9.61. The summed E-state index contributed by atoms with van der Waals surface area (Å²) in [6.07, 6.45) is 12.9. The summed E-state index contributed by atoms with van der Waals surface area (Å²) >= 11 is 0. The van der Waals surface area contributed by atoms with E-state index in [1.54, 1.807) is 11.1 Å². The first kappa shape index (κ1) is 23.5. The van der Waals surface area contributed by atoms with Crippen LogP contribution in [0.2, 0.25) is 0 Å². The number of Topliss-reactive ketones (excluding diaryl/α,β-unsaturated/α-hetero) is 1. The first-order chi connectivity index (χ1) is 15.9. The van der Waals surface area contributed by atoms with Gasteiger partial charge in [-0.25, -0.2) is 0 Å². The highest BCUT2D eigenvalue weighted by atomic mass is 16.1. The van der Waals surface area contributed by atoms with Crippen molar-refractivity contribution in [3.63, 3.8) is 0 Å². The number of hydrogen-bond acceptors (Lipinski definition) is 3. The first-order valence-electron chi connectivity index (χ1n) is 14.3. The number of ketones is 1. The molecule has 0 unspecified atom stereocenters. The summed E-state index contributed by atoms with van der Waals surface area (Å²) in [7, 11) is 0. The highest BCUT2D eigenvalue weighted by Gasteiger charge is 2.56. The molecule has 188 valence electrons. The van der Waals surface area contributed by atoms with Gasteiger partial charge in [0.15, 0.2) is 0 Å². The average Bonchev–Trinajstić information content (AvgIpc) is 2.78. The molecule has 0 amide bonds. The molecular formula is C31H48N2O. The van der Waals surface area contributed by atoms with Gasteiger partial charge in [-0.05, 0) is 73.0 Å². The second-order valence-electron chi connectivity index (χ2n) is 15.0. The van der Waals surface area contributed by atoms with E-state index in [-0.39, 0.29) is 10.8 Å². The molecule has 34 heavy (non-hydrogen) atoms. The SMILES string of the molecule is CC12CN(CCC3=CC[C@H]4C[C@@H]3C4(C)C)CC(C)(CN(CCC3=CC[C@H]4C[C@@H]3C4(C)C)C1)C2=O. The lowest BCUT2D eigenvalue weighted by Crippen LogP contribution is -2.68. The largest absolute Gasteiger partial charge is 0.301 e. The van der Waals surface area contributed by atoms with Crippen LogP contribution in [0.3, 0.4) is 0 Å². The van der Waals surface area contributed by atoms with E-state index < -0.39 is 0 Å². The fraction of sp³-hybridized carbons (Fsp3) is 0.839. The van der Waals surface area contributed by atoms with Crippen molar-refractivity contribution in [1.29, 1.82) is 0 Å². The number of carbonyl (C=O) groups excluding carboxylic acids is 1. The highest BCUT2D eigenvalue weighted by molar-refractivity contribution is 5.92. The zero-order valence-corrected chi connectivity index (χ0v) is 22.8. The maximum atomic E-state index is 13.6. The van der Waals surface area contributed by atoms with E-state index in [9.17, 15) is 4.79 Å². The minimum absolute atomic E-state index is 0.213. The van der Waals surface area contributed by atoms with Crippen molar-refractivity contribution in [2.24, 2.45) is 45.3 Å². The van der Waals surface area contributed by atoms with Crippen molar-refractivity contribution in [2.45, 2.75) is 80.1 Å². The van der Waals surface area contributed by atoms with Crippen LogP contribution >= 0.6 is 0 Å². The third-order valence-corrected chi connectivity index (χ3v) is 12.0. The molecular weight excluding hydrogens is 416 g/mol. The van der Waals surface area contributed by atoms with Gasteiger partial charge in [0.2, 0.25) is 0 Å². The van der Waals surface area contributed by atoms with Gasteiger partial charge in [0.1, 0.15) is 5.78 Å². The summed E-state index contributed by atoms with van der Waals surface area (Å²) in [5.74, 6) is 3.98. The molecule has 2 saturated heterocycles. The molecule has 2 aliphatic heterocycles. The Balaban J connectivity index is 1.08. The molecule has 6 bridgehead atoms. The van der Waals surface area contributed by atoms with Gasteiger partial charge < -0.3 is 9.80 Å².